The second-order valence-corrected chi connectivity index (χ2v) is 5.03. The van der Waals surface area contributed by atoms with Gasteiger partial charge in [0.1, 0.15) is 5.75 Å². The van der Waals surface area contributed by atoms with Crippen molar-refractivity contribution in [3.63, 3.8) is 0 Å². The predicted octanol–water partition coefficient (Wildman–Crippen LogP) is 5.11. The zero-order valence-electron chi connectivity index (χ0n) is 12.0. The fourth-order valence-electron chi connectivity index (χ4n) is 1.92. The van der Waals surface area contributed by atoms with Crippen molar-refractivity contribution in [1.29, 1.82) is 0 Å². The molecule has 0 saturated carbocycles. The minimum Gasteiger partial charge on any atom is -0.493 e. The second kappa shape index (κ2) is 6.58. The number of halogens is 1. The number of rotatable bonds is 4. The Labute approximate surface area is 125 Å². The molecule has 20 heavy (non-hydrogen) atoms. The van der Waals surface area contributed by atoms with Crippen molar-refractivity contribution in [2.24, 2.45) is 4.99 Å². The summed E-state index contributed by atoms with van der Waals surface area (Å²) in [7, 11) is 0. The van der Waals surface area contributed by atoms with Gasteiger partial charge in [0.25, 0.3) is 0 Å². The van der Waals surface area contributed by atoms with Gasteiger partial charge in [-0.25, -0.2) is 0 Å². The first-order valence-corrected chi connectivity index (χ1v) is 7.02. The van der Waals surface area contributed by atoms with Crippen LogP contribution in [-0.2, 0) is 0 Å². The average molecular weight is 288 g/mol. The van der Waals surface area contributed by atoms with Gasteiger partial charge in [0, 0.05) is 16.8 Å². The Bertz CT molecular complexity index is 635. The van der Waals surface area contributed by atoms with Crippen molar-refractivity contribution in [3.05, 3.63) is 58.1 Å². The standard InChI is InChI=1S/C17H18ClNO/c1-4-20-17-9-8-15(18)10-14(17)11-19-16-7-5-6-12(2)13(16)3/h5-11H,4H2,1-3H3. The summed E-state index contributed by atoms with van der Waals surface area (Å²) in [6, 6.07) is 11.7. The van der Waals surface area contributed by atoms with Crippen molar-refractivity contribution >= 4 is 23.5 Å². The lowest BCUT2D eigenvalue weighted by atomic mass is 10.1. The molecular weight excluding hydrogens is 270 g/mol. The van der Waals surface area contributed by atoms with Crippen LogP contribution in [-0.4, -0.2) is 12.8 Å². The molecule has 2 rings (SSSR count). The molecule has 0 bridgehead atoms. The lowest BCUT2D eigenvalue weighted by molar-refractivity contribution is 0.340. The number of benzene rings is 2. The molecular formula is C17H18ClNO. The van der Waals surface area contributed by atoms with Gasteiger partial charge in [-0.1, -0.05) is 23.7 Å². The van der Waals surface area contributed by atoms with E-state index in [4.69, 9.17) is 16.3 Å². The molecule has 0 aliphatic carbocycles. The van der Waals surface area contributed by atoms with Crippen LogP contribution in [0.25, 0.3) is 0 Å². The molecule has 0 fully saturated rings. The highest BCUT2D eigenvalue weighted by atomic mass is 35.5. The van der Waals surface area contributed by atoms with Gasteiger partial charge in [-0.3, -0.25) is 4.99 Å². The van der Waals surface area contributed by atoms with Crippen LogP contribution >= 0.6 is 11.6 Å². The fourth-order valence-corrected chi connectivity index (χ4v) is 2.10. The van der Waals surface area contributed by atoms with Crippen molar-refractivity contribution < 1.29 is 4.74 Å². The lowest BCUT2D eigenvalue weighted by Gasteiger charge is -2.07. The zero-order valence-corrected chi connectivity index (χ0v) is 12.7. The summed E-state index contributed by atoms with van der Waals surface area (Å²) in [6.07, 6.45) is 1.80. The number of nitrogens with zero attached hydrogens (tertiary/aromatic N) is 1. The summed E-state index contributed by atoms with van der Waals surface area (Å²) >= 11 is 6.04. The number of aliphatic imine (C=N–C) groups is 1. The molecule has 2 aromatic carbocycles. The van der Waals surface area contributed by atoms with Crippen LogP contribution in [0.2, 0.25) is 5.02 Å². The quantitative estimate of drug-likeness (QED) is 0.716. The van der Waals surface area contributed by atoms with E-state index in [2.05, 4.69) is 24.9 Å². The number of ether oxygens (including phenoxy) is 1. The van der Waals surface area contributed by atoms with E-state index in [1.54, 1.807) is 6.21 Å². The molecule has 0 atom stereocenters. The van der Waals surface area contributed by atoms with Crippen LogP contribution in [0.1, 0.15) is 23.6 Å². The smallest absolute Gasteiger partial charge is 0.128 e. The Hall–Kier alpha value is -1.80. The van der Waals surface area contributed by atoms with Crippen LogP contribution in [0, 0.1) is 13.8 Å². The van der Waals surface area contributed by atoms with E-state index in [9.17, 15) is 0 Å². The first kappa shape index (κ1) is 14.6. The van der Waals surface area contributed by atoms with Crippen molar-refractivity contribution in [2.75, 3.05) is 6.61 Å². The topological polar surface area (TPSA) is 21.6 Å². The van der Waals surface area contributed by atoms with Gasteiger partial charge >= 0.3 is 0 Å². The highest BCUT2D eigenvalue weighted by Crippen LogP contribution is 2.24. The van der Waals surface area contributed by atoms with Crippen LogP contribution < -0.4 is 4.74 Å². The van der Waals surface area contributed by atoms with E-state index in [-0.39, 0.29) is 0 Å². The number of hydrogen-bond acceptors (Lipinski definition) is 2. The molecule has 2 nitrogen and oxygen atoms in total. The summed E-state index contributed by atoms with van der Waals surface area (Å²) in [4.78, 5) is 4.56. The molecule has 0 spiro atoms. The molecule has 0 amide bonds. The van der Waals surface area contributed by atoms with Crippen molar-refractivity contribution in [1.82, 2.24) is 0 Å². The maximum Gasteiger partial charge on any atom is 0.128 e. The number of aryl methyl sites for hydroxylation is 1. The molecule has 0 aliphatic rings. The molecule has 0 N–H and O–H groups in total. The number of hydrogen-bond donors (Lipinski definition) is 0. The van der Waals surface area contributed by atoms with Gasteiger partial charge in [-0.15, -0.1) is 0 Å². The van der Waals surface area contributed by atoms with Gasteiger partial charge in [-0.05, 0) is 56.2 Å². The van der Waals surface area contributed by atoms with Gasteiger partial charge < -0.3 is 4.74 Å². The predicted molar refractivity (Wildman–Crippen MR) is 85.8 cm³/mol. The summed E-state index contributed by atoms with van der Waals surface area (Å²) in [5.74, 6) is 0.797. The minimum absolute atomic E-state index is 0.617. The molecule has 0 aromatic heterocycles. The Morgan fingerprint density at radius 1 is 1.20 bits per heavy atom. The van der Waals surface area contributed by atoms with Gasteiger partial charge in [-0.2, -0.15) is 0 Å². The van der Waals surface area contributed by atoms with Crippen LogP contribution in [0.5, 0.6) is 5.75 Å². The van der Waals surface area contributed by atoms with E-state index in [1.807, 2.05) is 37.3 Å². The summed E-state index contributed by atoms with van der Waals surface area (Å²) in [6.45, 7) is 6.73. The highest BCUT2D eigenvalue weighted by molar-refractivity contribution is 6.30. The Balaban J connectivity index is 2.35. The third-order valence-electron chi connectivity index (χ3n) is 3.19. The Morgan fingerprint density at radius 3 is 2.75 bits per heavy atom. The highest BCUT2D eigenvalue weighted by Gasteiger charge is 2.03. The average Bonchev–Trinajstić information content (AvgIpc) is 2.43. The molecule has 104 valence electrons. The molecule has 0 radical (unpaired) electrons. The van der Waals surface area contributed by atoms with Crippen LogP contribution in [0.15, 0.2) is 41.4 Å². The molecule has 0 aliphatic heterocycles. The van der Waals surface area contributed by atoms with Gasteiger partial charge in [0.2, 0.25) is 0 Å². The van der Waals surface area contributed by atoms with E-state index in [0.29, 0.717) is 11.6 Å². The minimum atomic E-state index is 0.617. The van der Waals surface area contributed by atoms with Gasteiger partial charge in [0.05, 0.1) is 12.3 Å². The first-order chi connectivity index (χ1) is 9.61. The molecule has 0 heterocycles. The SMILES string of the molecule is CCOc1ccc(Cl)cc1C=Nc1cccc(C)c1C. The van der Waals surface area contributed by atoms with E-state index in [1.165, 1.54) is 11.1 Å². The van der Waals surface area contributed by atoms with E-state index in [0.717, 1.165) is 17.0 Å². The maximum atomic E-state index is 6.04. The van der Waals surface area contributed by atoms with Crippen molar-refractivity contribution in [2.45, 2.75) is 20.8 Å². The fraction of sp³-hybridized carbons (Fsp3) is 0.235. The monoisotopic (exact) mass is 287 g/mol. The molecule has 0 unspecified atom stereocenters. The van der Waals surface area contributed by atoms with E-state index >= 15 is 0 Å². The lowest BCUT2D eigenvalue weighted by Crippen LogP contribution is -1.96. The van der Waals surface area contributed by atoms with Crippen molar-refractivity contribution in [3.8, 4) is 5.75 Å². The summed E-state index contributed by atoms with van der Waals surface area (Å²) in [5.41, 5.74) is 4.27. The molecule has 3 heteroatoms. The maximum absolute atomic E-state index is 6.04. The van der Waals surface area contributed by atoms with E-state index < -0.39 is 0 Å². The second-order valence-electron chi connectivity index (χ2n) is 4.59. The van der Waals surface area contributed by atoms with Crippen LogP contribution in [0.4, 0.5) is 5.69 Å². The third kappa shape index (κ3) is 3.40. The molecule has 2 aromatic rings. The summed E-state index contributed by atoms with van der Waals surface area (Å²) < 4.78 is 5.58. The molecule has 0 saturated heterocycles. The normalized spacial score (nSPS) is 11.0. The zero-order chi connectivity index (χ0) is 14.5. The summed E-state index contributed by atoms with van der Waals surface area (Å²) in [5, 5.41) is 0.677. The van der Waals surface area contributed by atoms with Gasteiger partial charge in [0.15, 0.2) is 0 Å². The first-order valence-electron chi connectivity index (χ1n) is 6.64. The Morgan fingerprint density at radius 2 is 2.00 bits per heavy atom. The third-order valence-corrected chi connectivity index (χ3v) is 3.43. The van der Waals surface area contributed by atoms with Crippen LogP contribution in [0.3, 0.4) is 0 Å². The largest absolute Gasteiger partial charge is 0.493 e. The Kier molecular flexibility index (Phi) is 4.80.